The molecule has 1 fully saturated rings. The van der Waals surface area contributed by atoms with Crippen molar-refractivity contribution in [3.8, 4) is 5.75 Å². The molecule has 1 N–H and O–H groups in total. The lowest BCUT2D eigenvalue weighted by Gasteiger charge is -2.17. The Kier molecular flexibility index (Phi) is 4.26. The molecule has 1 unspecified atom stereocenters. The van der Waals surface area contributed by atoms with Gasteiger partial charge in [-0.1, -0.05) is 42.5 Å². The van der Waals surface area contributed by atoms with E-state index in [0.29, 0.717) is 12.6 Å². The fraction of sp³-hybridized carbons (Fsp3) is 0.368. The standard InChI is InChI=1S/C19H23NO/c1-14-11-17(18-9-6-10-20-18)12-15(2)19(14)21-13-16-7-4-3-5-8-16/h3-5,7-8,11-12,18,20H,6,9-10,13H2,1-2H3. The molecule has 0 radical (unpaired) electrons. The van der Waals surface area contributed by atoms with Crippen molar-refractivity contribution in [2.45, 2.75) is 39.3 Å². The van der Waals surface area contributed by atoms with E-state index in [1.54, 1.807) is 0 Å². The Morgan fingerprint density at radius 3 is 2.43 bits per heavy atom. The van der Waals surface area contributed by atoms with Crippen LogP contribution in [0.15, 0.2) is 42.5 Å². The van der Waals surface area contributed by atoms with Crippen LogP contribution in [0.25, 0.3) is 0 Å². The normalized spacial score (nSPS) is 17.9. The third kappa shape index (κ3) is 3.27. The van der Waals surface area contributed by atoms with Gasteiger partial charge >= 0.3 is 0 Å². The Morgan fingerprint density at radius 1 is 1.10 bits per heavy atom. The molecule has 2 aromatic rings. The number of hydrogen-bond acceptors (Lipinski definition) is 2. The van der Waals surface area contributed by atoms with Crippen LogP contribution in [-0.2, 0) is 6.61 Å². The van der Waals surface area contributed by atoms with Crippen LogP contribution >= 0.6 is 0 Å². The fourth-order valence-corrected chi connectivity index (χ4v) is 3.11. The lowest BCUT2D eigenvalue weighted by Crippen LogP contribution is -2.13. The highest BCUT2D eigenvalue weighted by atomic mass is 16.5. The summed E-state index contributed by atoms with van der Waals surface area (Å²) in [5, 5.41) is 3.56. The van der Waals surface area contributed by atoms with Crippen LogP contribution in [0, 0.1) is 13.8 Å². The molecule has 0 aromatic heterocycles. The molecule has 1 atom stereocenters. The maximum absolute atomic E-state index is 6.05. The van der Waals surface area contributed by atoms with Gasteiger partial charge in [-0.3, -0.25) is 0 Å². The minimum absolute atomic E-state index is 0.519. The maximum atomic E-state index is 6.05. The Balaban J connectivity index is 1.76. The van der Waals surface area contributed by atoms with Gasteiger partial charge in [0.05, 0.1) is 0 Å². The second-order valence-electron chi connectivity index (χ2n) is 5.91. The average Bonchev–Trinajstić information content (AvgIpc) is 3.01. The van der Waals surface area contributed by atoms with Crippen LogP contribution in [-0.4, -0.2) is 6.54 Å². The summed E-state index contributed by atoms with van der Waals surface area (Å²) >= 11 is 0. The van der Waals surface area contributed by atoms with Crippen LogP contribution in [0.4, 0.5) is 0 Å². The molecule has 0 aliphatic carbocycles. The maximum Gasteiger partial charge on any atom is 0.125 e. The smallest absolute Gasteiger partial charge is 0.125 e. The van der Waals surface area contributed by atoms with Crippen molar-refractivity contribution in [2.75, 3.05) is 6.54 Å². The number of hydrogen-bond donors (Lipinski definition) is 1. The molecular weight excluding hydrogens is 258 g/mol. The summed E-state index contributed by atoms with van der Waals surface area (Å²) < 4.78 is 6.05. The Morgan fingerprint density at radius 2 is 1.81 bits per heavy atom. The van der Waals surface area contributed by atoms with Crippen LogP contribution in [0.2, 0.25) is 0 Å². The molecule has 1 aliphatic heterocycles. The summed E-state index contributed by atoms with van der Waals surface area (Å²) in [7, 11) is 0. The molecule has 2 aromatic carbocycles. The van der Waals surface area contributed by atoms with Crippen molar-refractivity contribution >= 4 is 0 Å². The van der Waals surface area contributed by atoms with E-state index in [-0.39, 0.29) is 0 Å². The van der Waals surface area contributed by atoms with E-state index in [1.165, 1.54) is 35.1 Å². The minimum Gasteiger partial charge on any atom is -0.488 e. The molecular formula is C19H23NO. The highest BCUT2D eigenvalue weighted by Gasteiger charge is 2.18. The molecule has 3 rings (SSSR count). The number of aryl methyl sites for hydroxylation is 2. The van der Waals surface area contributed by atoms with Crippen molar-refractivity contribution in [1.29, 1.82) is 0 Å². The molecule has 2 heteroatoms. The van der Waals surface area contributed by atoms with Crippen LogP contribution in [0.1, 0.15) is 41.1 Å². The zero-order chi connectivity index (χ0) is 14.7. The lowest BCUT2D eigenvalue weighted by molar-refractivity contribution is 0.302. The van der Waals surface area contributed by atoms with Gasteiger partial charge in [0.15, 0.2) is 0 Å². The molecule has 21 heavy (non-hydrogen) atoms. The van der Waals surface area contributed by atoms with Gasteiger partial charge in [0.1, 0.15) is 12.4 Å². The summed E-state index contributed by atoms with van der Waals surface area (Å²) in [6.07, 6.45) is 2.51. The van der Waals surface area contributed by atoms with Crippen molar-refractivity contribution in [3.05, 3.63) is 64.7 Å². The van der Waals surface area contributed by atoms with E-state index in [2.05, 4.69) is 43.4 Å². The molecule has 0 spiro atoms. The summed E-state index contributed by atoms with van der Waals surface area (Å²) in [6, 6.07) is 15.4. The van der Waals surface area contributed by atoms with E-state index in [1.807, 2.05) is 18.2 Å². The topological polar surface area (TPSA) is 21.3 Å². The number of rotatable bonds is 4. The van der Waals surface area contributed by atoms with Gasteiger partial charge in [-0.2, -0.15) is 0 Å². The Bertz CT molecular complexity index is 577. The molecule has 110 valence electrons. The van der Waals surface area contributed by atoms with E-state index in [4.69, 9.17) is 4.74 Å². The van der Waals surface area contributed by atoms with Crippen LogP contribution < -0.4 is 10.1 Å². The number of nitrogens with one attached hydrogen (secondary N) is 1. The van der Waals surface area contributed by atoms with Crippen molar-refractivity contribution in [1.82, 2.24) is 5.32 Å². The molecule has 0 amide bonds. The molecule has 2 nitrogen and oxygen atoms in total. The van der Waals surface area contributed by atoms with Crippen molar-refractivity contribution in [2.24, 2.45) is 0 Å². The van der Waals surface area contributed by atoms with E-state index < -0.39 is 0 Å². The zero-order valence-electron chi connectivity index (χ0n) is 12.9. The predicted octanol–water partition coefficient (Wildman–Crippen LogP) is 4.31. The summed E-state index contributed by atoms with van der Waals surface area (Å²) in [6.45, 7) is 6.05. The zero-order valence-corrected chi connectivity index (χ0v) is 12.9. The first-order valence-corrected chi connectivity index (χ1v) is 7.75. The fourth-order valence-electron chi connectivity index (χ4n) is 3.11. The van der Waals surface area contributed by atoms with Crippen molar-refractivity contribution in [3.63, 3.8) is 0 Å². The lowest BCUT2D eigenvalue weighted by atomic mass is 9.99. The van der Waals surface area contributed by atoms with E-state index in [9.17, 15) is 0 Å². The SMILES string of the molecule is Cc1cc(C2CCCN2)cc(C)c1OCc1ccccc1. The Hall–Kier alpha value is -1.80. The second-order valence-corrected chi connectivity index (χ2v) is 5.91. The quantitative estimate of drug-likeness (QED) is 0.902. The molecule has 1 aliphatic rings. The van der Waals surface area contributed by atoms with E-state index in [0.717, 1.165) is 12.3 Å². The summed E-state index contributed by atoms with van der Waals surface area (Å²) in [4.78, 5) is 0. The Labute approximate surface area is 127 Å². The third-order valence-electron chi connectivity index (χ3n) is 4.17. The van der Waals surface area contributed by atoms with Gasteiger partial charge in [-0.05, 0) is 55.5 Å². The molecule has 1 saturated heterocycles. The molecule has 0 bridgehead atoms. The number of benzene rings is 2. The number of ether oxygens (including phenoxy) is 1. The predicted molar refractivity (Wildman–Crippen MR) is 86.7 cm³/mol. The second kappa shape index (κ2) is 6.31. The summed E-state index contributed by atoms with van der Waals surface area (Å²) in [5.41, 5.74) is 5.07. The third-order valence-corrected chi connectivity index (χ3v) is 4.17. The first kappa shape index (κ1) is 14.2. The highest BCUT2D eigenvalue weighted by Crippen LogP contribution is 2.31. The molecule has 1 heterocycles. The van der Waals surface area contributed by atoms with Gasteiger partial charge in [0.2, 0.25) is 0 Å². The van der Waals surface area contributed by atoms with Crippen LogP contribution in [0.5, 0.6) is 5.75 Å². The average molecular weight is 281 g/mol. The van der Waals surface area contributed by atoms with Gasteiger partial charge in [-0.25, -0.2) is 0 Å². The van der Waals surface area contributed by atoms with Crippen molar-refractivity contribution < 1.29 is 4.74 Å². The van der Waals surface area contributed by atoms with Gasteiger partial charge in [0, 0.05) is 6.04 Å². The van der Waals surface area contributed by atoms with Gasteiger partial charge in [-0.15, -0.1) is 0 Å². The largest absolute Gasteiger partial charge is 0.488 e. The first-order chi connectivity index (χ1) is 10.2. The van der Waals surface area contributed by atoms with Crippen LogP contribution in [0.3, 0.4) is 0 Å². The monoisotopic (exact) mass is 281 g/mol. The minimum atomic E-state index is 0.519. The molecule has 0 saturated carbocycles. The van der Waals surface area contributed by atoms with Gasteiger partial charge in [0.25, 0.3) is 0 Å². The summed E-state index contributed by atoms with van der Waals surface area (Å²) in [5.74, 6) is 1.03. The first-order valence-electron chi connectivity index (χ1n) is 7.75. The van der Waals surface area contributed by atoms with Gasteiger partial charge < -0.3 is 10.1 Å². The highest BCUT2D eigenvalue weighted by molar-refractivity contribution is 5.44. The van der Waals surface area contributed by atoms with E-state index >= 15 is 0 Å².